The SMILES string of the molecule is O=[N+]([O-])/C=C/c1cc(F)ccc1F. The maximum Gasteiger partial charge on any atom is 0.235 e. The van der Waals surface area contributed by atoms with Crippen molar-refractivity contribution in [2.75, 3.05) is 0 Å². The van der Waals surface area contributed by atoms with Crippen LogP contribution in [0.4, 0.5) is 8.78 Å². The summed E-state index contributed by atoms with van der Waals surface area (Å²) in [6.07, 6.45) is 1.45. The quantitative estimate of drug-likeness (QED) is 0.523. The Morgan fingerprint density at radius 2 is 2.08 bits per heavy atom. The standard InChI is InChI=1S/C8H5F2NO2/c9-7-1-2-8(10)6(5-7)3-4-11(12)13/h1-5H/b4-3+. The van der Waals surface area contributed by atoms with Gasteiger partial charge in [-0.1, -0.05) is 0 Å². The van der Waals surface area contributed by atoms with E-state index < -0.39 is 16.6 Å². The summed E-state index contributed by atoms with van der Waals surface area (Å²) in [6.45, 7) is 0. The Morgan fingerprint density at radius 1 is 1.38 bits per heavy atom. The molecule has 1 aromatic carbocycles. The van der Waals surface area contributed by atoms with E-state index in [0.29, 0.717) is 6.20 Å². The average Bonchev–Trinajstić information content (AvgIpc) is 2.06. The molecule has 1 rings (SSSR count). The van der Waals surface area contributed by atoms with Gasteiger partial charge in [0.15, 0.2) is 0 Å². The third-order valence-corrected chi connectivity index (χ3v) is 1.33. The summed E-state index contributed by atoms with van der Waals surface area (Å²) in [5, 5.41) is 9.87. The summed E-state index contributed by atoms with van der Waals surface area (Å²) in [4.78, 5) is 9.13. The Labute approximate surface area is 72.5 Å². The first-order chi connectivity index (χ1) is 6.09. The molecule has 0 unspecified atom stereocenters. The zero-order chi connectivity index (χ0) is 9.84. The van der Waals surface area contributed by atoms with E-state index in [0.717, 1.165) is 24.3 Å². The Morgan fingerprint density at radius 3 is 2.69 bits per heavy atom. The lowest BCUT2D eigenvalue weighted by atomic mass is 10.2. The monoisotopic (exact) mass is 185 g/mol. The van der Waals surface area contributed by atoms with E-state index in [1.54, 1.807) is 0 Å². The number of hydrogen-bond acceptors (Lipinski definition) is 2. The minimum absolute atomic E-state index is 0.142. The van der Waals surface area contributed by atoms with E-state index in [-0.39, 0.29) is 5.56 Å². The molecule has 5 heteroatoms. The predicted octanol–water partition coefficient (Wildman–Crippen LogP) is 2.21. The van der Waals surface area contributed by atoms with Crippen LogP contribution in [0.25, 0.3) is 6.08 Å². The lowest BCUT2D eigenvalue weighted by molar-refractivity contribution is -0.400. The largest absolute Gasteiger partial charge is 0.259 e. The van der Waals surface area contributed by atoms with Gasteiger partial charge in [0.25, 0.3) is 0 Å². The van der Waals surface area contributed by atoms with Gasteiger partial charge >= 0.3 is 0 Å². The molecule has 0 aliphatic rings. The van der Waals surface area contributed by atoms with Crippen molar-refractivity contribution in [2.24, 2.45) is 0 Å². The molecule has 0 heterocycles. The second-order valence-corrected chi connectivity index (χ2v) is 2.27. The van der Waals surface area contributed by atoms with Gasteiger partial charge < -0.3 is 0 Å². The summed E-state index contributed by atoms with van der Waals surface area (Å²) in [6, 6.07) is 2.74. The van der Waals surface area contributed by atoms with E-state index in [1.807, 2.05) is 0 Å². The van der Waals surface area contributed by atoms with E-state index in [2.05, 4.69) is 0 Å². The van der Waals surface area contributed by atoms with Crippen molar-refractivity contribution >= 4 is 6.08 Å². The lowest BCUT2D eigenvalue weighted by Crippen LogP contribution is -1.86. The van der Waals surface area contributed by atoms with Crippen LogP contribution in [0.5, 0.6) is 0 Å². The lowest BCUT2D eigenvalue weighted by Gasteiger charge is -1.94. The number of hydrogen-bond donors (Lipinski definition) is 0. The summed E-state index contributed by atoms with van der Waals surface area (Å²) in [5.41, 5.74) is -0.142. The number of halogens is 2. The number of benzene rings is 1. The van der Waals surface area contributed by atoms with Gasteiger partial charge in [0.2, 0.25) is 6.20 Å². The zero-order valence-electron chi connectivity index (χ0n) is 6.41. The van der Waals surface area contributed by atoms with Crippen molar-refractivity contribution in [1.82, 2.24) is 0 Å². The average molecular weight is 185 g/mol. The molecule has 0 spiro atoms. The Hall–Kier alpha value is -1.78. The fourth-order valence-corrected chi connectivity index (χ4v) is 0.783. The second-order valence-electron chi connectivity index (χ2n) is 2.27. The van der Waals surface area contributed by atoms with E-state index in [9.17, 15) is 18.9 Å². The highest BCUT2D eigenvalue weighted by Gasteiger charge is 2.01. The van der Waals surface area contributed by atoms with Gasteiger partial charge in [-0.15, -0.1) is 0 Å². The molecule has 0 fully saturated rings. The van der Waals surface area contributed by atoms with Crippen LogP contribution in [0.1, 0.15) is 5.56 Å². The van der Waals surface area contributed by atoms with Gasteiger partial charge in [0, 0.05) is 11.6 Å². The molecule has 0 atom stereocenters. The maximum atomic E-state index is 12.8. The van der Waals surface area contributed by atoms with Gasteiger partial charge in [-0.2, -0.15) is 0 Å². The minimum Gasteiger partial charge on any atom is -0.259 e. The highest BCUT2D eigenvalue weighted by Crippen LogP contribution is 2.10. The molecule has 0 N–H and O–H groups in total. The smallest absolute Gasteiger partial charge is 0.235 e. The number of nitro groups is 1. The van der Waals surface area contributed by atoms with Crippen LogP contribution < -0.4 is 0 Å². The van der Waals surface area contributed by atoms with Crippen LogP contribution in [0, 0.1) is 21.7 Å². The summed E-state index contributed by atoms with van der Waals surface area (Å²) >= 11 is 0. The van der Waals surface area contributed by atoms with Gasteiger partial charge in [0.1, 0.15) is 11.6 Å². The molecule has 1 aromatic rings. The molecule has 0 amide bonds. The van der Waals surface area contributed by atoms with Gasteiger partial charge in [-0.25, -0.2) is 8.78 Å². The molecular formula is C8H5F2NO2. The Kier molecular flexibility index (Phi) is 2.69. The third-order valence-electron chi connectivity index (χ3n) is 1.33. The third kappa shape index (κ3) is 2.62. The van der Waals surface area contributed by atoms with Crippen LogP contribution in [-0.2, 0) is 0 Å². The van der Waals surface area contributed by atoms with Crippen LogP contribution >= 0.6 is 0 Å². The molecule has 0 radical (unpaired) electrons. The van der Waals surface area contributed by atoms with Gasteiger partial charge in [-0.3, -0.25) is 10.1 Å². The number of nitrogens with zero attached hydrogens (tertiary/aromatic N) is 1. The van der Waals surface area contributed by atoms with E-state index in [1.165, 1.54) is 0 Å². The summed E-state index contributed by atoms with van der Waals surface area (Å²) < 4.78 is 25.3. The van der Waals surface area contributed by atoms with E-state index >= 15 is 0 Å². The summed E-state index contributed by atoms with van der Waals surface area (Å²) in [5.74, 6) is -1.33. The first-order valence-electron chi connectivity index (χ1n) is 3.36. The Bertz CT molecular complexity index is 363. The molecule has 3 nitrogen and oxygen atoms in total. The maximum absolute atomic E-state index is 12.8. The second kappa shape index (κ2) is 3.75. The van der Waals surface area contributed by atoms with Crippen LogP contribution in [0.2, 0.25) is 0 Å². The molecule has 0 bridgehead atoms. The molecule has 0 saturated carbocycles. The first kappa shape index (κ1) is 9.31. The topological polar surface area (TPSA) is 43.1 Å². The van der Waals surface area contributed by atoms with Crippen molar-refractivity contribution in [3.63, 3.8) is 0 Å². The van der Waals surface area contributed by atoms with Crippen molar-refractivity contribution in [1.29, 1.82) is 0 Å². The minimum atomic E-state index is -0.746. The fraction of sp³-hybridized carbons (Fsp3) is 0. The molecule has 0 aliphatic carbocycles. The highest BCUT2D eigenvalue weighted by molar-refractivity contribution is 5.48. The van der Waals surface area contributed by atoms with Gasteiger partial charge in [0.05, 0.1) is 4.92 Å². The van der Waals surface area contributed by atoms with Gasteiger partial charge in [-0.05, 0) is 18.2 Å². The van der Waals surface area contributed by atoms with Crippen molar-refractivity contribution < 1.29 is 13.7 Å². The van der Waals surface area contributed by atoms with Crippen LogP contribution in [-0.4, -0.2) is 4.92 Å². The molecule has 0 aliphatic heterocycles. The van der Waals surface area contributed by atoms with Crippen molar-refractivity contribution in [2.45, 2.75) is 0 Å². The molecule has 0 saturated heterocycles. The number of rotatable bonds is 2. The molecule has 13 heavy (non-hydrogen) atoms. The first-order valence-corrected chi connectivity index (χ1v) is 3.36. The van der Waals surface area contributed by atoms with Crippen LogP contribution in [0.15, 0.2) is 24.4 Å². The van der Waals surface area contributed by atoms with Crippen molar-refractivity contribution in [3.05, 3.63) is 51.7 Å². The molecular weight excluding hydrogens is 180 g/mol. The molecule has 0 aromatic heterocycles. The zero-order valence-corrected chi connectivity index (χ0v) is 6.41. The normalized spacial score (nSPS) is 10.6. The van der Waals surface area contributed by atoms with Crippen molar-refractivity contribution in [3.8, 4) is 0 Å². The highest BCUT2D eigenvalue weighted by atomic mass is 19.1. The Balaban J connectivity index is 3.00. The van der Waals surface area contributed by atoms with Crippen LogP contribution in [0.3, 0.4) is 0 Å². The predicted molar refractivity (Wildman–Crippen MR) is 42.4 cm³/mol. The fourth-order valence-electron chi connectivity index (χ4n) is 0.783. The molecule has 68 valence electrons. The summed E-state index contributed by atoms with van der Waals surface area (Å²) in [7, 11) is 0. The van der Waals surface area contributed by atoms with E-state index in [4.69, 9.17) is 0 Å².